The summed E-state index contributed by atoms with van der Waals surface area (Å²) in [4.78, 5) is 26.4. The predicted octanol–water partition coefficient (Wildman–Crippen LogP) is 1.03. The standard InChI is InChI=1S/C14H19N3O3/c1-10(18)16-5-2-6-17(8-7-16)11-3-4-13(15)12(9-11)14(19)20/h3-4,9H,2,5-8,15H2,1H3,(H,19,20). The van der Waals surface area contributed by atoms with Gasteiger partial charge in [-0.2, -0.15) is 0 Å². The van der Waals surface area contributed by atoms with E-state index >= 15 is 0 Å². The van der Waals surface area contributed by atoms with E-state index in [-0.39, 0.29) is 17.2 Å². The van der Waals surface area contributed by atoms with Crippen molar-refractivity contribution in [3.05, 3.63) is 23.8 Å². The molecule has 1 aliphatic rings. The molecule has 1 aliphatic heterocycles. The van der Waals surface area contributed by atoms with Crippen LogP contribution in [0.3, 0.4) is 0 Å². The fourth-order valence-corrected chi connectivity index (χ4v) is 2.42. The van der Waals surface area contributed by atoms with Crippen LogP contribution >= 0.6 is 0 Å². The van der Waals surface area contributed by atoms with Gasteiger partial charge in [0.1, 0.15) is 0 Å². The van der Waals surface area contributed by atoms with Gasteiger partial charge in [0.25, 0.3) is 0 Å². The van der Waals surface area contributed by atoms with Crippen LogP contribution in [0.1, 0.15) is 23.7 Å². The Hall–Kier alpha value is -2.24. The highest BCUT2D eigenvalue weighted by molar-refractivity contribution is 5.94. The Morgan fingerprint density at radius 2 is 1.95 bits per heavy atom. The predicted molar refractivity (Wildman–Crippen MR) is 76.9 cm³/mol. The quantitative estimate of drug-likeness (QED) is 0.788. The first kappa shape index (κ1) is 14.2. The number of carbonyl (C=O) groups is 2. The normalized spacial score (nSPS) is 15.8. The molecule has 0 saturated carbocycles. The number of hydrogen-bond acceptors (Lipinski definition) is 4. The Labute approximate surface area is 117 Å². The van der Waals surface area contributed by atoms with Gasteiger partial charge < -0.3 is 20.6 Å². The summed E-state index contributed by atoms with van der Waals surface area (Å²) < 4.78 is 0. The van der Waals surface area contributed by atoms with Crippen LogP contribution in [-0.4, -0.2) is 48.1 Å². The van der Waals surface area contributed by atoms with Crippen LogP contribution in [0.25, 0.3) is 0 Å². The van der Waals surface area contributed by atoms with Gasteiger partial charge in [0.2, 0.25) is 5.91 Å². The van der Waals surface area contributed by atoms with Gasteiger partial charge >= 0.3 is 5.97 Å². The first-order chi connectivity index (χ1) is 9.49. The number of carboxylic acids is 1. The van der Waals surface area contributed by atoms with Crippen LogP contribution in [0, 0.1) is 0 Å². The molecule has 20 heavy (non-hydrogen) atoms. The van der Waals surface area contributed by atoms with Gasteiger partial charge in [-0.15, -0.1) is 0 Å². The first-order valence-electron chi connectivity index (χ1n) is 6.62. The second-order valence-corrected chi connectivity index (χ2v) is 4.92. The molecule has 0 aliphatic carbocycles. The highest BCUT2D eigenvalue weighted by Gasteiger charge is 2.18. The molecule has 1 fully saturated rings. The molecule has 0 unspecified atom stereocenters. The molecule has 108 valence electrons. The van der Waals surface area contributed by atoms with Crippen LogP contribution in [0.15, 0.2) is 18.2 Å². The van der Waals surface area contributed by atoms with Gasteiger partial charge in [-0.1, -0.05) is 0 Å². The highest BCUT2D eigenvalue weighted by atomic mass is 16.4. The summed E-state index contributed by atoms with van der Waals surface area (Å²) in [5, 5.41) is 9.11. The molecule has 0 bridgehead atoms. The third-order valence-corrected chi connectivity index (χ3v) is 3.57. The average Bonchev–Trinajstić information content (AvgIpc) is 2.64. The lowest BCUT2D eigenvalue weighted by Crippen LogP contribution is -2.33. The summed E-state index contributed by atoms with van der Waals surface area (Å²) in [6.45, 7) is 4.46. The molecule has 2 rings (SSSR count). The lowest BCUT2D eigenvalue weighted by molar-refractivity contribution is -0.128. The molecule has 3 N–H and O–H groups in total. The number of nitrogens with zero attached hydrogens (tertiary/aromatic N) is 2. The summed E-state index contributed by atoms with van der Waals surface area (Å²) in [5.41, 5.74) is 6.88. The van der Waals surface area contributed by atoms with Crippen molar-refractivity contribution in [3.8, 4) is 0 Å². The van der Waals surface area contributed by atoms with Crippen LogP contribution in [0.2, 0.25) is 0 Å². The smallest absolute Gasteiger partial charge is 0.337 e. The van der Waals surface area contributed by atoms with Crippen molar-refractivity contribution in [2.24, 2.45) is 0 Å². The van der Waals surface area contributed by atoms with E-state index in [4.69, 9.17) is 10.8 Å². The third kappa shape index (κ3) is 3.01. The van der Waals surface area contributed by atoms with Crippen molar-refractivity contribution in [1.29, 1.82) is 0 Å². The SMILES string of the molecule is CC(=O)N1CCCN(c2ccc(N)c(C(=O)O)c2)CC1. The Morgan fingerprint density at radius 3 is 2.60 bits per heavy atom. The van der Waals surface area contributed by atoms with E-state index in [1.807, 2.05) is 11.0 Å². The van der Waals surface area contributed by atoms with Crippen molar-refractivity contribution in [1.82, 2.24) is 4.90 Å². The van der Waals surface area contributed by atoms with Crippen LogP contribution in [0.4, 0.5) is 11.4 Å². The number of rotatable bonds is 2. The van der Waals surface area contributed by atoms with Crippen molar-refractivity contribution < 1.29 is 14.7 Å². The Kier molecular flexibility index (Phi) is 4.12. The molecule has 0 aromatic heterocycles. The van der Waals surface area contributed by atoms with Gasteiger partial charge in [0, 0.05) is 44.5 Å². The van der Waals surface area contributed by atoms with Gasteiger partial charge in [-0.3, -0.25) is 4.79 Å². The van der Waals surface area contributed by atoms with Gasteiger partial charge in [0.15, 0.2) is 0 Å². The fraction of sp³-hybridized carbons (Fsp3) is 0.429. The molecule has 1 amide bonds. The minimum Gasteiger partial charge on any atom is -0.478 e. The maximum absolute atomic E-state index is 11.4. The molecular weight excluding hydrogens is 258 g/mol. The van der Waals surface area contributed by atoms with Crippen LogP contribution in [-0.2, 0) is 4.79 Å². The minimum atomic E-state index is -1.02. The van der Waals surface area contributed by atoms with E-state index in [1.165, 1.54) is 0 Å². The lowest BCUT2D eigenvalue weighted by atomic mass is 10.1. The molecule has 0 spiro atoms. The summed E-state index contributed by atoms with van der Waals surface area (Å²) in [5.74, 6) is -0.945. The maximum Gasteiger partial charge on any atom is 0.337 e. The van der Waals surface area contributed by atoms with E-state index in [0.717, 1.165) is 25.2 Å². The van der Waals surface area contributed by atoms with Crippen molar-refractivity contribution in [2.75, 3.05) is 36.8 Å². The number of benzene rings is 1. The van der Waals surface area contributed by atoms with Crippen molar-refractivity contribution in [3.63, 3.8) is 0 Å². The Morgan fingerprint density at radius 1 is 1.20 bits per heavy atom. The van der Waals surface area contributed by atoms with Gasteiger partial charge in [-0.25, -0.2) is 4.79 Å². The van der Waals surface area contributed by atoms with Crippen LogP contribution < -0.4 is 10.6 Å². The maximum atomic E-state index is 11.4. The van der Waals surface area contributed by atoms with Gasteiger partial charge in [0.05, 0.1) is 5.56 Å². The number of aromatic carboxylic acids is 1. The lowest BCUT2D eigenvalue weighted by Gasteiger charge is -2.23. The molecule has 0 radical (unpaired) electrons. The number of nitrogens with two attached hydrogens (primary N) is 1. The molecule has 0 atom stereocenters. The largest absolute Gasteiger partial charge is 0.478 e. The number of hydrogen-bond donors (Lipinski definition) is 2. The fourth-order valence-electron chi connectivity index (χ4n) is 2.42. The average molecular weight is 277 g/mol. The molecule has 1 aromatic rings. The highest BCUT2D eigenvalue weighted by Crippen LogP contribution is 2.22. The van der Waals surface area contributed by atoms with Crippen molar-refractivity contribution >= 4 is 23.3 Å². The molecule has 6 nitrogen and oxygen atoms in total. The number of anilines is 2. The van der Waals surface area contributed by atoms with E-state index in [1.54, 1.807) is 19.1 Å². The summed E-state index contributed by atoms with van der Waals surface area (Å²) >= 11 is 0. The molecule has 1 heterocycles. The van der Waals surface area contributed by atoms with E-state index in [2.05, 4.69) is 4.90 Å². The third-order valence-electron chi connectivity index (χ3n) is 3.57. The summed E-state index contributed by atoms with van der Waals surface area (Å²) in [6.07, 6.45) is 0.867. The first-order valence-corrected chi connectivity index (χ1v) is 6.62. The van der Waals surface area contributed by atoms with Crippen LogP contribution in [0.5, 0.6) is 0 Å². The second kappa shape index (κ2) is 5.81. The summed E-state index contributed by atoms with van der Waals surface area (Å²) in [6, 6.07) is 5.04. The molecular formula is C14H19N3O3. The Bertz CT molecular complexity index is 530. The second-order valence-electron chi connectivity index (χ2n) is 4.92. The number of carboxylic acid groups (broad SMARTS) is 1. The molecule has 1 saturated heterocycles. The minimum absolute atomic E-state index is 0.0791. The van der Waals surface area contributed by atoms with E-state index < -0.39 is 5.97 Å². The molecule has 1 aromatic carbocycles. The van der Waals surface area contributed by atoms with E-state index in [0.29, 0.717) is 13.1 Å². The number of carbonyl (C=O) groups excluding carboxylic acids is 1. The summed E-state index contributed by atoms with van der Waals surface area (Å²) in [7, 11) is 0. The number of nitrogen functional groups attached to an aromatic ring is 1. The van der Waals surface area contributed by atoms with Crippen molar-refractivity contribution in [2.45, 2.75) is 13.3 Å². The Balaban J connectivity index is 2.17. The zero-order valence-electron chi connectivity index (χ0n) is 11.5. The number of amides is 1. The zero-order chi connectivity index (χ0) is 14.7. The zero-order valence-corrected chi connectivity index (χ0v) is 11.5. The van der Waals surface area contributed by atoms with Gasteiger partial charge in [-0.05, 0) is 24.6 Å². The molecule has 6 heteroatoms. The topological polar surface area (TPSA) is 86.9 Å². The monoisotopic (exact) mass is 277 g/mol. The van der Waals surface area contributed by atoms with E-state index in [9.17, 15) is 9.59 Å².